The van der Waals surface area contributed by atoms with E-state index in [1.54, 1.807) is 7.11 Å². The number of ether oxygens (including phenoxy) is 2. The molecule has 1 unspecified atom stereocenters. The fraction of sp³-hybridized carbons (Fsp3) is 0.364. The maximum Gasteiger partial charge on any atom is 0.130 e. The first-order valence-corrected chi connectivity index (χ1v) is 9.67. The lowest BCUT2D eigenvalue weighted by Gasteiger charge is -2.42. The first-order chi connectivity index (χ1) is 13.1. The normalized spacial score (nSPS) is 19.4. The predicted octanol–water partition coefficient (Wildman–Crippen LogP) is 4.32. The number of piperidine rings is 1. The summed E-state index contributed by atoms with van der Waals surface area (Å²) in [6.45, 7) is 2.38. The van der Waals surface area contributed by atoms with Crippen molar-refractivity contribution in [3.05, 3.63) is 64.7 Å². The van der Waals surface area contributed by atoms with Gasteiger partial charge in [0.2, 0.25) is 0 Å². The molecule has 2 aromatic rings. The van der Waals surface area contributed by atoms with Crippen molar-refractivity contribution in [1.82, 2.24) is 4.90 Å². The summed E-state index contributed by atoms with van der Waals surface area (Å²) in [5, 5.41) is 11.3. The van der Waals surface area contributed by atoms with Crippen LogP contribution >= 0.6 is 11.6 Å². The second-order valence-corrected chi connectivity index (χ2v) is 7.71. The zero-order valence-electron chi connectivity index (χ0n) is 15.4. The Morgan fingerprint density at radius 1 is 1.22 bits per heavy atom. The van der Waals surface area contributed by atoms with Crippen LogP contribution in [0.2, 0.25) is 5.02 Å². The largest absolute Gasteiger partial charge is 0.497 e. The molecule has 1 N–H and O–H groups in total. The van der Waals surface area contributed by atoms with Gasteiger partial charge in [-0.15, -0.1) is 0 Å². The minimum atomic E-state index is -0.528. The standard InChI is InChI=1S/C22H24ClNO3/c1-26-19-4-2-3-16(14-19)20(25)15-24-11-9-22(10-12-24)8-7-17-13-18(23)5-6-21(17)27-22/h2-8,13-14,20,25H,9-12,15H2,1H3. The highest BCUT2D eigenvalue weighted by Crippen LogP contribution is 2.38. The summed E-state index contributed by atoms with van der Waals surface area (Å²) >= 11 is 6.06. The van der Waals surface area contributed by atoms with Crippen molar-refractivity contribution in [2.45, 2.75) is 24.5 Å². The molecule has 1 spiro atoms. The van der Waals surface area contributed by atoms with Gasteiger partial charge in [-0.1, -0.05) is 29.8 Å². The molecule has 1 saturated heterocycles. The Kier molecular flexibility index (Phi) is 5.13. The molecule has 1 atom stereocenters. The number of β-amino-alcohol motifs (C(OH)–C–C–N with tert-alkyl or cyclic N) is 1. The van der Waals surface area contributed by atoms with Gasteiger partial charge in [-0.25, -0.2) is 0 Å². The van der Waals surface area contributed by atoms with Crippen LogP contribution in [0.15, 0.2) is 48.5 Å². The van der Waals surface area contributed by atoms with E-state index in [1.165, 1.54) is 0 Å². The summed E-state index contributed by atoms with van der Waals surface area (Å²) < 4.78 is 11.6. The van der Waals surface area contributed by atoms with E-state index < -0.39 is 6.10 Å². The highest BCUT2D eigenvalue weighted by molar-refractivity contribution is 6.30. The van der Waals surface area contributed by atoms with E-state index in [0.29, 0.717) is 6.54 Å². The van der Waals surface area contributed by atoms with E-state index in [9.17, 15) is 5.11 Å². The lowest BCUT2D eigenvalue weighted by Crippen LogP contribution is -2.48. The van der Waals surface area contributed by atoms with Crippen molar-refractivity contribution < 1.29 is 14.6 Å². The molecule has 0 radical (unpaired) electrons. The van der Waals surface area contributed by atoms with Crippen LogP contribution in [0.5, 0.6) is 11.5 Å². The molecule has 5 heteroatoms. The Morgan fingerprint density at radius 3 is 2.81 bits per heavy atom. The van der Waals surface area contributed by atoms with Crippen LogP contribution in [0.1, 0.15) is 30.1 Å². The lowest BCUT2D eigenvalue weighted by molar-refractivity contribution is 0.0201. The maximum absolute atomic E-state index is 10.6. The SMILES string of the molecule is COc1cccc(C(O)CN2CCC3(C=Cc4cc(Cl)ccc4O3)CC2)c1. The van der Waals surface area contributed by atoms with Crippen molar-refractivity contribution in [3.63, 3.8) is 0 Å². The third-order valence-electron chi connectivity index (χ3n) is 5.46. The number of aliphatic hydroxyl groups is 1. The van der Waals surface area contributed by atoms with Crippen molar-refractivity contribution >= 4 is 17.7 Å². The fourth-order valence-electron chi connectivity index (χ4n) is 3.82. The number of rotatable bonds is 4. The van der Waals surface area contributed by atoms with Crippen molar-refractivity contribution in [2.75, 3.05) is 26.7 Å². The predicted molar refractivity (Wildman–Crippen MR) is 107 cm³/mol. The van der Waals surface area contributed by atoms with Gasteiger partial charge in [-0.05, 0) is 42.0 Å². The van der Waals surface area contributed by atoms with Crippen LogP contribution in [0, 0.1) is 0 Å². The molecule has 2 aliphatic heterocycles. The van der Waals surface area contributed by atoms with E-state index in [4.69, 9.17) is 21.1 Å². The molecule has 1 fully saturated rings. The molecule has 142 valence electrons. The zero-order valence-corrected chi connectivity index (χ0v) is 16.2. The Hall–Kier alpha value is -2.01. The Morgan fingerprint density at radius 2 is 2.04 bits per heavy atom. The second-order valence-electron chi connectivity index (χ2n) is 7.28. The summed E-state index contributed by atoms with van der Waals surface area (Å²) in [6, 6.07) is 13.4. The van der Waals surface area contributed by atoms with Gasteiger partial charge >= 0.3 is 0 Å². The van der Waals surface area contributed by atoms with Crippen LogP contribution < -0.4 is 9.47 Å². The van der Waals surface area contributed by atoms with Gasteiger partial charge in [0.1, 0.15) is 17.1 Å². The van der Waals surface area contributed by atoms with E-state index in [2.05, 4.69) is 17.1 Å². The van der Waals surface area contributed by atoms with Crippen molar-refractivity contribution in [1.29, 1.82) is 0 Å². The molecular formula is C22H24ClNO3. The Labute approximate surface area is 165 Å². The van der Waals surface area contributed by atoms with Crippen LogP contribution in [0.25, 0.3) is 6.08 Å². The van der Waals surface area contributed by atoms with Crippen LogP contribution in [-0.2, 0) is 0 Å². The number of methoxy groups -OCH3 is 1. The highest BCUT2D eigenvalue weighted by Gasteiger charge is 2.37. The summed E-state index contributed by atoms with van der Waals surface area (Å²) in [4.78, 5) is 2.30. The van der Waals surface area contributed by atoms with Crippen LogP contribution in [0.4, 0.5) is 0 Å². The minimum Gasteiger partial charge on any atom is -0.497 e. The molecule has 2 heterocycles. The van der Waals surface area contributed by atoms with Gasteiger partial charge in [-0.2, -0.15) is 0 Å². The molecule has 0 amide bonds. The van der Waals surface area contributed by atoms with E-state index in [0.717, 1.165) is 53.6 Å². The summed E-state index contributed by atoms with van der Waals surface area (Å²) in [5.74, 6) is 1.66. The van der Waals surface area contributed by atoms with Gasteiger partial charge in [0, 0.05) is 43.1 Å². The smallest absolute Gasteiger partial charge is 0.130 e. The van der Waals surface area contributed by atoms with Crippen LogP contribution in [-0.4, -0.2) is 42.4 Å². The van der Waals surface area contributed by atoms with E-state index >= 15 is 0 Å². The fourth-order valence-corrected chi connectivity index (χ4v) is 4.00. The number of hydrogen-bond acceptors (Lipinski definition) is 4. The molecule has 2 aliphatic rings. The monoisotopic (exact) mass is 385 g/mol. The number of nitrogens with zero attached hydrogens (tertiary/aromatic N) is 1. The van der Waals surface area contributed by atoms with Crippen LogP contribution in [0.3, 0.4) is 0 Å². The van der Waals surface area contributed by atoms with E-state index in [1.807, 2.05) is 42.5 Å². The Balaban J connectivity index is 1.37. The highest BCUT2D eigenvalue weighted by atomic mass is 35.5. The average Bonchev–Trinajstić information content (AvgIpc) is 2.70. The molecule has 0 bridgehead atoms. The zero-order chi connectivity index (χ0) is 18.9. The van der Waals surface area contributed by atoms with Gasteiger partial charge in [0.15, 0.2) is 0 Å². The second kappa shape index (κ2) is 7.55. The third kappa shape index (κ3) is 3.98. The topological polar surface area (TPSA) is 41.9 Å². The summed E-state index contributed by atoms with van der Waals surface area (Å²) in [5.41, 5.74) is 1.66. The number of fused-ring (bicyclic) bond motifs is 1. The van der Waals surface area contributed by atoms with Crippen molar-refractivity contribution in [3.8, 4) is 11.5 Å². The van der Waals surface area contributed by atoms with Crippen molar-refractivity contribution in [2.24, 2.45) is 0 Å². The van der Waals surface area contributed by atoms with Gasteiger partial charge < -0.3 is 19.5 Å². The minimum absolute atomic E-state index is 0.252. The molecule has 2 aromatic carbocycles. The maximum atomic E-state index is 10.6. The first kappa shape index (κ1) is 18.4. The van der Waals surface area contributed by atoms with Gasteiger partial charge in [0.05, 0.1) is 13.2 Å². The average molecular weight is 386 g/mol. The molecule has 0 saturated carbocycles. The molecule has 4 nitrogen and oxygen atoms in total. The number of benzene rings is 2. The molecule has 27 heavy (non-hydrogen) atoms. The lowest BCUT2D eigenvalue weighted by atomic mass is 9.88. The van der Waals surface area contributed by atoms with E-state index in [-0.39, 0.29) is 5.60 Å². The number of aliphatic hydroxyl groups excluding tert-OH is 1. The Bertz CT molecular complexity index is 843. The summed E-state index contributed by atoms with van der Waals surface area (Å²) in [6.07, 6.45) is 5.56. The number of likely N-dealkylation sites (tertiary alicyclic amines) is 1. The third-order valence-corrected chi connectivity index (χ3v) is 5.70. The number of hydrogen-bond donors (Lipinski definition) is 1. The quantitative estimate of drug-likeness (QED) is 0.850. The van der Waals surface area contributed by atoms with Gasteiger partial charge in [0.25, 0.3) is 0 Å². The molecule has 0 aromatic heterocycles. The molecule has 0 aliphatic carbocycles. The molecular weight excluding hydrogens is 362 g/mol. The first-order valence-electron chi connectivity index (χ1n) is 9.29. The summed E-state index contributed by atoms with van der Waals surface area (Å²) in [7, 11) is 1.64. The molecule has 4 rings (SSSR count). The number of halogens is 1. The van der Waals surface area contributed by atoms with Gasteiger partial charge in [-0.3, -0.25) is 0 Å².